The van der Waals surface area contributed by atoms with Crippen molar-refractivity contribution in [2.24, 2.45) is 0 Å². The van der Waals surface area contributed by atoms with Crippen LogP contribution < -0.4 is 15.5 Å². The van der Waals surface area contributed by atoms with Gasteiger partial charge in [-0.05, 0) is 49.2 Å². The van der Waals surface area contributed by atoms with Crippen molar-refractivity contribution in [1.29, 1.82) is 0 Å². The highest BCUT2D eigenvalue weighted by molar-refractivity contribution is 7.99. The maximum Gasteiger partial charge on any atom is 0.244 e. The molecule has 3 rings (SSSR count). The van der Waals surface area contributed by atoms with Crippen LogP contribution in [0.1, 0.15) is 38.7 Å². The second-order valence-corrected chi connectivity index (χ2v) is 8.92. The lowest BCUT2D eigenvalue weighted by Gasteiger charge is -2.29. The predicted molar refractivity (Wildman–Crippen MR) is 122 cm³/mol. The van der Waals surface area contributed by atoms with E-state index in [1.807, 2.05) is 36.9 Å². The van der Waals surface area contributed by atoms with Crippen LogP contribution in [0.25, 0.3) is 0 Å². The van der Waals surface area contributed by atoms with Crippen molar-refractivity contribution in [2.75, 3.05) is 22.1 Å². The number of hydrogen-bond acceptors (Lipinski definition) is 4. The SMILES string of the molecule is CCC(C)Sc1ccc(NC(=O)CCC(=O)N2CC(=O)Nc3ccccc32)c(C)c1. The van der Waals surface area contributed by atoms with E-state index in [1.165, 1.54) is 9.80 Å². The molecule has 1 aliphatic rings. The van der Waals surface area contributed by atoms with Gasteiger partial charge >= 0.3 is 0 Å². The molecule has 0 radical (unpaired) electrons. The van der Waals surface area contributed by atoms with Crippen LogP contribution in [0.2, 0.25) is 0 Å². The fraction of sp³-hybridized carbons (Fsp3) is 0.348. The maximum absolute atomic E-state index is 12.7. The molecule has 30 heavy (non-hydrogen) atoms. The highest BCUT2D eigenvalue weighted by atomic mass is 32.2. The van der Waals surface area contributed by atoms with Gasteiger partial charge in [-0.1, -0.05) is 26.0 Å². The van der Waals surface area contributed by atoms with Gasteiger partial charge < -0.3 is 15.5 Å². The number of aryl methyl sites for hydroxylation is 1. The summed E-state index contributed by atoms with van der Waals surface area (Å²) < 4.78 is 0. The summed E-state index contributed by atoms with van der Waals surface area (Å²) in [5, 5.41) is 6.19. The van der Waals surface area contributed by atoms with Crippen LogP contribution in [0, 0.1) is 6.92 Å². The molecule has 0 saturated heterocycles. The maximum atomic E-state index is 12.7. The molecular formula is C23H27N3O3S. The Morgan fingerprint density at radius 2 is 1.97 bits per heavy atom. The van der Waals surface area contributed by atoms with Crippen molar-refractivity contribution in [1.82, 2.24) is 0 Å². The quantitative estimate of drug-likeness (QED) is 0.636. The number of amides is 3. The molecule has 0 saturated carbocycles. The molecule has 2 aromatic carbocycles. The van der Waals surface area contributed by atoms with E-state index < -0.39 is 0 Å². The minimum atomic E-state index is -0.246. The van der Waals surface area contributed by atoms with Gasteiger partial charge in [0.2, 0.25) is 17.7 Å². The Morgan fingerprint density at radius 1 is 1.20 bits per heavy atom. The van der Waals surface area contributed by atoms with Crippen molar-refractivity contribution >= 4 is 46.5 Å². The van der Waals surface area contributed by atoms with Gasteiger partial charge in [-0.15, -0.1) is 11.8 Å². The summed E-state index contributed by atoms with van der Waals surface area (Å²) >= 11 is 1.81. The molecule has 1 heterocycles. The number of carbonyl (C=O) groups is 3. The van der Waals surface area contributed by atoms with Gasteiger partial charge in [0, 0.05) is 28.7 Å². The van der Waals surface area contributed by atoms with Crippen LogP contribution in [0.15, 0.2) is 47.4 Å². The minimum Gasteiger partial charge on any atom is -0.326 e. The first-order valence-electron chi connectivity index (χ1n) is 10.1. The van der Waals surface area contributed by atoms with E-state index in [0.29, 0.717) is 16.6 Å². The van der Waals surface area contributed by atoms with Gasteiger partial charge in [0.1, 0.15) is 6.54 Å². The lowest BCUT2D eigenvalue weighted by molar-refractivity contribution is -0.124. The van der Waals surface area contributed by atoms with Crippen LogP contribution in [-0.4, -0.2) is 29.5 Å². The minimum absolute atomic E-state index is 0.0358. The number of fused-ring (bicyclic) bond motifs is 1. The van der Waals surface area contributed by atoms with Gasteiger partial charge in [0.05, 0.1) is 11.4 Å². The smallest absolute Gasteiger partial charge is 0.244 e. The number of nitrogens with zero attached hydrogens (tertiary/aromatic N) is 1. The lowest BCUT2D eigenvalue weighted by Crippen LogP contribution is -2.42. The third-order valence-corrected chi connectivity index (χ3v) is 6.28. The molecule has 0 spiro atoms. The van der Waals surface area contributed by atoms with E-state index in [2.05, 4.69) is 30.5 Å². The predicted octanol–water partition coefficient (Wildman–Crippen LogP) is 4.59. The summed E-state index contributed by atoms with van der Waals surface area (Å²) in [4.78, 5) is 39.6. The Balaban J connectivity index is 1.57. The van der Waals surface area contributed by atoms with Crippen LogP contribution in [-0.2, 0) is 14.4 Å². The van der Waals surface area contributed by atoms with E-state index in [-0.39, 0.29) is 37.1 Å². The molecule has 0 fully saturated rings. The molecule has 6 nitrogen and oxygen atoms in total. The standard InChI is InChI=1S/C23H27N3O3S/c1-4-16(3)30-17-9-10-18(15(2)13-17)24-21(27)11-12-23(29)26-14-22(28)25-19-7-5-6-8-20(19)26/h5-10,13,16H,4,11-12,14H2,1-3H3,(H,24,27)(H,25,28). The molecule has 7 heteroatoms. The first-order valence-corrected chi connectivity index (χ1v) is 11.0. The van der Waals surface area contributed by atoms with Crippen molar-refractivity contribution < 1.29 is 14.4 Å². The number of hydrogen-bond donors (Lipinski definition) is 2. The first-order chi connectivity index (χ1) is 14.4. The third kappa shape index (κ3) is 5.42. The summed E-state index contributed by atoms with van der Waals surface area (Å²) in [5.74, 6) is -0.703. The number of nitrogens with one attached hydrogen (secondary N) is 2. The van der Waals surface area contributed by atoms with E-state index in [9.17, 15) is 14.4 Å². The second-order valence-electron chi connectivity index (χ2n) is 7.41. The van der Waals surface area contributed by atoms with Gasteiger partial charge in [-0.3, -0.25) is 14.4 Å². The molecule has 0 aliphatic carbocycles. The zero-order chi connectivity index (χ0) is 21.7. The Hall–Kier alpha value is -2.80. The first kappa shape index (κ1) is 21.9. The van der Waals surface area contributed by atoms with Crippen LogP contribution in [0.4, 0.5) is 17.1 Å². The summed E-state index contributed by atoms with van der Waals surface area (Å²) in [5.41, 5.74) is 3.01. The summed E-state index contributed by atoms with van der Waals surface area (Å²) in [6.07, 6.45) is 1.19. The average molecular weight is 426 g/mol. The molecule has 0 aromatic heterocycles. The zero-order valence-electron chi connectivity index (χ0n) is 17.5. The monoisotopic (exact) mass is 425 g/mol. The van der Waals surface area contributed by atoms with Crippen molar-refractivity contribution in [3.63, 3.8) is 0 Å². The number of thioether (sulfide) groups is 1. The molecule has 1 aliphatic heterocycles. The van der Waals surface area contributed by atoms with Crippen molar-refractivity contribution in [3.05, 3.63) is 48.0 Å². The van der Waals surface area contributed by atoms with E-state index >= 15 is 0 Å². The highest BCUT2D eigenvalue weighted by Gasteiger charge is 2.26. The molecule has 3 amide bonds. The fourth-order valence-corrected chi connectivity index (χ4v) is 4.21. The summed E-state index contributed by atoms with van der Waals surface area (Å²) in [6.45, 7) is 6.28. The molecule has 1 unspecified atom stereocenters. The van der Waals surface area contributed by atoms with Gasteiger partial charge in [0.15, 0.2) is 0 Å². The molecule has 0 bridgehead atoms. The van der Waals surface area contributed by atoms with E-state index in [1.54, 1.807) is 18.2 Å². The summed E-state index contributed by atoms with van der Waals surface area (Å²) in [7, 11) is 0. The third-order valence-electron chi connectivity index (χ3n) is 5.02. The van der Waals surface area contributed by atoms with Crippen molar-refractivity contribution in [2.45, 2.75) is 50.2 Å². The number of rotatable bonds is 7. The normalized spacial score (nSPS) is 14.0. The molecule has 2 aromatic rings. The van der Waals surface area contributed by atoms with Crippen LogP contribution in [0.5, 0.6) is 0 Å². The Labute approximate surface area is 181 Å². The molecule has 2 N–H and O–H groups in total. The Morgan fingerprint density at radius 3 is 2.70 bits per heavy atom. The molecule has 158 valence electrons. The van der Waals surface area contributed by atoms with E-state index in [4.69, 9.17) is 0 Å². The van der Waals surface area contributed by atoms with Crippen LogP contribution >= 0.6 is 11.8 Å². The lowest BCUT2D eigenvalue weighted by atomic mass is 10.1. The number of para-hydroxylation sites is 2. The van der Waals surface area contributed by atoms with Gasteiger partial charge in [-0.25, -0.2) is 0 Å². The number of anilines is 3. The number of benzene rings is 2. The number of carbonyl (C=O) groups excluding carboxylic acids is 3. The van der Waals surface area contributed by atoms with Crippen LogP contribution in [0.3, 0.4) is 0 Å². The average Bonchev–Trinajstić information content (AvgIpc) is 2.73. The summed E-state index contributed by atoms with van der Waals surface area (Å²) in [6, 6.07) is 13.1. The second kappa shape index (κ2) is 9.80. The molecule has 1 atom stereocenters. The van der Waals surface area contributed by atoms with Crippen molar-refractivity contribution in [3.8, 4) is 0 Å². The van der Waals surface area contributed by atoms with E-state index in [0.717, 1.165) is 17.7 Å². The molecular weight excluding hydrogens is 398 g/mol. The topological polar surface area (TPSA) is 78.5 Å². The fourth-order valence-electron chi connectivity index (χ4n) is 3.19. The Kier molecular flexibility index (Phi) is 7.15. The van der Waals surface area contributed by atoms with Gasteiger partial charge in [-0.2, -0.15) is 0 Å². The largest absolute Gasteiger partial charge is 0.326 e. The Bertz CT molecular complexity index is 960. The van der Waals surface area contributed by atoms with Gasteiger partial charge in [0.25, 0.3) is 0 Å². The zero-order valence-corrected chi connectivity index (χ0v) is 18.3. The highest BCUT2D eigenvalue weighted by Crippen LogP contribution is 2.30.